The maximum Gasteiger partial charge on any atom is 0.293 e. The Morgan fingerprint density at radius 1 is 1.47 bits per heavy atom. The van der Waals surface area contributed by atoms with Crippen molar-refractivity contribution < 1.29 is 0 Å². The third kappa shape index (κ3) is 3.37. The van der Waals surface area contributed by atoms with E-state index in [0.717, 1.165) is 18.8 Å². The van der Waals surface area contributed by atoms with Gasteiger partial charge >= 0.3 is 0 Å². The topological polar surface area (TPSA) is 46.9 Å². The molecule has 1 aliphatic rings. The summed E-state index contributed by atoms with van der Waals surface area (Å²) in [4.78, 5) is 16.5. The zero-order valence-corrected chi connectivity index (χ0v) is 12.2. The van der Waals surface area contributed by atoms with E-state index >= 15 is 0 Å². The number of aromatic nitrogens is 2. The lowest BCUT2D eigenvalue weighted by Gasteiger charge is -2.29. The highest BCUT2D eigenvalue weighted by molar-refractivity contribution is 5.32. The van der Waals surface area contributed by atoms with Crippen LogP contribution in [0.5, 0.6) is 0 Å². The van der Waals surface area contributed by atoms with Gasteiger partial charge in [0.05, 0.1) is 0 Å². The van der Waals surface area contributed by atoms with Crippen molar-refractivity contribution in [1.82, 2.24) is 9.55 Å². The van der Waals surface area contributed by atoms with E-state index in [1.165, 1.54) is 19.3 Å². The quantitative estimate of drug-likeness (QED) is 0.907. The highest BCUT2D eigenvalue weighted by atomic mass is 16.1. The first-order chi connectivity index (χ1) is 9.11. The average Bonchev–Trinajstić information content (AvgIpc) is 2.41. The molecule has 4 nitrogen and oxygen atoms in total. The smallest absolute Gasteiger partial charge is 0.293 e. The van der Waals surface area contributed by atoms with Crippen molar-refractivity contribution >= 4 is 5.82 Å². The van der Waals surface area contributed by atoms with Crippen molar-refractivity contribution in [2.75, 3.05) is 5.32 Å². The Morgan fingerprint density at radius 2 is 2.26 bits per heavy atom. The van der Waals surface area contributed by atoms with Crippen LogP contribution in [0.25, 0.3) is 0 Å². The van der Waals surface area contributed by atoms with E-state index in [1.54, 1.807) is 17.0 Å². The maximum absolute atomic E-state index is 12.3. The van der Waals surface area contributed by atoms with Crippen LogP contribution in [-0.2, 0) is 0 Å². The predicted molar refractivity (Wildman–Crippen MR) is 78.5 cm³/mol. The second-order valence-electron chi connectivity index (χ2n) is 5.86. The van der Waals surface area contributed by atoms with Crippen LogP contribution in [0, 0.1) is 5.92 Å². The molecular formula is C15H25N3O. The van der Waals surface area contributed by atoms with Gasteiger partial charge in [-0.1, -0.05) is 26.2 Å². The minimum Gasteiger partial charge on any atom is -0.363 e. The van der Waals surface area contributed by atoms with Crippen LogP contribution < -0.4 is 10.9 Å². The summed E-state index contributed by atoms with van der Waals surface area (Å²) in [6.07, 6.45) is 9.59. The van der Waals surface area contributed by atoms with Crippen LogP contribution in [0.2, 0.25) is 0 Å². The number of hydrogen-bond donors (Lipinski definition) is 1. The van der Waals surface area contributed by atoms with Crippen LogP contribution in [0.4, 0.5) is 5.82 Å². The van der Waals surface area contributed by atoms with Gasteiger partial charge in [0, 0.05) is 24.5 Å². The summed E-state index contributed by atoms with van der Waals surface area (Å²) in [6.45, 7) is 6.28. The van der Waals surface area contributed by atoms with Crippen molar-refractivity contribution in [1.29, 1.82) is 0 Å². The molecule has 0 aliphatic heterocycles. The van der Waals surface area contributed by atoms with E-state index in [-0.39, 0.29) is 11.6 Å². The normalized spacial score (nSPS) is 23.6. The molecule has 106 valence electrons. The van der Waals surface area contributed by atoms with Gasteiger partial charge in [0.1, 0.15) is 0 Å². The summed E-state index contributed by atoms with van der Waals surface area (Å²) < 4.78 is 1.73. The third-order valence-corrected chi connectivity index (χ3v) is 4.13. The molecule has 1 aromatic heterocycles. The van der Waals surface area contributed by atoms with Gasteiger partial charge in [-0.05, 0) is 32.6 Å². The molecule has 0 saturated heterocycles. The Morgan fingerprint density at radius 3 is 2.95 bits per heavy atom. The fourth-order valence-corrected chi connectivity index (χ4v) is 2.92. The van der Waals surface area contributed by atoms with Crippen LogP contribution >= 0.6 is 0 Å². The Hall–Kier alpha value is -1.32. The number of nitrogens with zero attached hydrogens (tertiary/aromatic N) is 2. The van der Waals surface area contributed by atoms with Crippen molar-refractivity contribution in [2.24, 2.45) is 5.92 Å². The SMILES string of the molecule is CCC1CCCC(Nc2nccn(C(C)C)c2=O)C1. The van der Waals surface area contributed by atoms with E-state index < -0.39 is 0 Å². The minimum atomic E-state index is -0.00359. The lowest BCUT2D eigenvalue weighted by atomic mass is 9.84. The molecule has 0 bridgehead atoms. The Kier molecular flexibility index (Phi) is 4.61. The fourth-order valence-electron chi connectivity index (χ4n) is 2.92. The molecule has 1 aromatic rings. The van der Waals surface area contributed by atoms with Crippen molar-refractivity contribution in [3.05, 3.63) is 22.7 Å². The molecule has 2 rings (SSSR count). The lowest BCUT2D eigenvalue weighted by molar-refractivity contribution is 0.326. The molecule has 1 heterocycles. The molecule has 0 radical (unpaired) electrons. The van der Waals surface area contributed by atoms with Crippen LogP contribution in [-0.4, -0.2) is 15.6 Å². The molecule has 19 heavy (non-hydrogen) atoms. The van der Waals surface area contributed by atoms with E-state index in [9.17, 15) is 4.79 Å². The van der Waals surface area contributed by atoms with Gasteiger partial charge < -0.3 is 9.88 Å². The van der Waals surface area contributed by atoms with Crippen molar-refractivity contribution in [3.8, 4) is 0 Å². The van der Waals surface area contributed by atoms with Gasteiger partial charge in [0.25, 0.3) is 5.56 Å². The number of rotatable bonds is 4. The van der Waals surface area contributed by atoms with Gasteiger partial charge in [0.2, 0.25) is 0 Å². The van der Waals surface area contributed by atoms with Gasteiger partial charge in [0.15, 0.2) is 5.82 Å². The predicted octanol–water partition coefficient (Wildman–Crippen LogP) is 3.20. The first-order valence-corrected chi connectivity index (χ1v) is 7.45. The molecule has 0 aromatic carbocycles. The van der Waals surface area contributed by atoms with E-state index in [1.807, 2.05) is 13.8 Å². The zero-order valence-electron chi connectivity index (χ0n) is 12.2. The van der Waals surface area contributed by atoms with Gasteiger partial charge in [-0.3, -0.25) is 4.79 Å². The van der Waals surface area contributed by atoms with Gasteiger partial charge in [-0.15, -0.1) is 0 Å². The summed E-state index contributed by atoms with van der Waals surface area (Å²) in [5.41, 5.74) is -0.00359. The summed E-state index contributed by atoms with van der Waals surface area (Å²) in [7, 11) is 0. The second kappa shape index (κ2) is 6.22. The minimum absolute atomic E-state index is 0.00359. The first kappa shape index (κ1) is 14.1. The molecule has 0 amide bonds. The number of nitrogens with one attached hydrogen (secondary N) is 1. The average molecular weight is 263 g/mol. The molecule has 4 heteroatoms. The number of anilines is 1. The third-order valence-electron chi connectivity index (χ3n) is 4.13. The Balaban J connectivity index is 2.11. The highest BCUT2D eigenvalue weighted by Crippen LogP contribution is 2.27. The molecular weight excluding hydrogens is 238 g/mol. The van der Waals surface area contributed by atoms with Crippen molar-refractivity contribution in [3.63, 3.8) is 0 Å². The molecule has 1 N–H and O–H groups in total. The Labute approximate surface area is 115 Å². The lowest BCUT2D eigenvalue weighted by Crippen LogP contribution is -2.32. The van der Waals surface area contributed by atoms with Crippen LogP contribution in [0.3, 0.4) is 0 Å². The van der Waals surface area contributed by atoms with E-state index in [2.05, 4.69) is 17.2 Å². The molecule has 2 unspecified atom stereocenters. The largest absolute Gasteiger partial charge is 0.363 e. The molecule has 1 fully saturated rings. The molecule has 1 aliphatic carbocycles. The molecule has 1 saturated carbocycles. The highest BCUT2D eigenvalue weighted by Gasteiger charge is 2.21. The summed E-state index contributed by atoms with van der Waals surface area (Å²) in [5, 5.41) is 3.36. The van der Waals surface area contributed by atoms with Gasteiger partial charge in [-0.2, -0.15) is 0 Å². The monoisotopic (exact) mass is 263 g/mol. The fraction of sp³-hybridized carbons (Fsp3) is 0.733. The zero-order chi connectivity index (χ0) is 13.8. The molecule has 0 spiro atoms. The first-order valence-electron chi connectivity index (χ1n) is 7.45. The Bertz CT molecular complexity index is 467. The van der Waals surface area contributed by atoms with E-state index in [4.69, 9.17) is 0 Å². The maximum atomic E-state index is 12.3. The van der Waals surface area contributed by atoms with E-state index in [0.29, 0.717) is 11.9 Å². The summed E-state index contributed by atoms with van der Waals surface area (Å²) >= 11 is 0. The summed E-state index contributed by atoms with van der Waals surface area (Å²) in [6, 6.07) is 0.577. The number of hydrogen-bond acceptors (Lipinski definition) is 3. The van der Waals surface area contributed by atoms with Gasteiger partial charge in [-0.25, -0.2) is 4.98 Å². The summed E-state index contributed by atoms with van der Waals surface area (Å²) in [5.74, 6) is 1.31. The second-order valence-corrected chi connectivity index (χ2v) is 5.86. The van der Waals surface area contributed by atoms with Crippen LogP contribution in [0.15, 0.2) is 17.2 Å². The van der Waals surface area contributed by atoms with Crippen molar-refractivity contribution in [2.45, 2.75) is 65.0 Å². The molecule has 2 atom stereocenters. The standard InChI is InChI=1S/C15H25N3O/c1-4-12-6-5-7-13(10-12)17-14-15(19)18(11(2)3)9-8-16-14/h8-9,11-13H,4-7,10H2,1-3H3,(H,16,17). The van der Waals surface area contributed by atoms with Crippen LogP contribution in [0.1, 0.15) is 58.9 Å².